The van der Waals surface area contributed by atoms with Crippen LogP contribution in [-0.4, -0.2) is 36.7 Å². The van der Waals surface area contributed by atoms with Crippen molar-refractivity contribution in [2.45, 2.75) is 31.2 Å². The molecule has 1 saturated heterocycles. The Balaban J connectivity index is 1.43. The number of aromatic nitrogens is 1. The number of furan rings is 1. The van der Waals surface area contributed by atoms with E-state index in [9.17, 15) is 13.2 Å². The van der Waals surface area contributed by atoms with Gasteiger partial charge in [0.15, 0.2) is 5.76 Å². The SMILES string of the molecule is Cc1nc(-c2ccc(CNC(=O)c3cccc(S(=O)(=O)N4CCCC4)c3)o2)cs1. The number of benzene rings is 1. The Kier molecular flexibility index (Phi) is 5.53. The van der Waals surface area contributed by atoms with E-state index in [4.69, 9.17) is 4.42 Å². The number of hydrogen-bond acceptors (Lipinski definition) is 6. The largest absolute Gasteiger partial charge is 0.458 e. The molecule has 1 fully saturated rings. The summed E-state index contributed by atoms with van der Waals surface area (Å²) in [5.74, 6) is 0.892. The van der Waals surface area contributed by atoms with E-state index in [0.717, 1.165) is 23.5 Å². The summed E-state index contributed by atoms with van der Waals surface area (Å²) in [5, 5.41) is 5.65. The van der Waals surface area contributed by atoms with Gasteiger partial charge < -0.3 is 9.73 Å². The zero-order valence-corrected chi connectivity index (χ0v) is 17.6. The van der Waals surface area contributed by atoms with Gasteiger partial charge in [0.05, 0.1) is 16.4 Å². The number of thiazole rings is 1. The van der Waals surface area contributed by atoms with Gasteiger partial charge in [0.1, 0.15) is 11.5 Å². The average molecular weight is 432 g/mol. The molecule has 0 spiro atoms. The van der Waals surface area contributed by atoms with Gasteiger partial charge in [-0.15, -0.1) is 11.3 Å². The number of nitrogens with zero attached hydrogens (tertiary/aromatic N) is 2. The van der Waals surface area contributed by atoms with Crippen molar-refractivity contribution in [3.8, 4) is 11.5 Å². The maximum absolute atomic E-state index is 12.7. The molecule has 7 nitrogen and oxygen atoms in total. The molecule has 0 saturated carbocycles. The molecular weight excluding hydrogens is 410 g/mol. The quantitative estimate of drug-likeness (QED) is 0.646. The number of sulfonamides is 1. The molecule has 0 unspecified atom stereocenters. The van der Waals surface area contributed by atoms with Crippen LogP contribution in [0.15, 0.2) is 51.1 Å². The molecule has 1 amide bonds. The lowest BCUT2D eigenvalue weighted by Crippen LogP contribution is -2.28. The first-order chi connectivity index (χ1) is 13.9. The van der Waals surface area contributed by atoms with E-state index in [1.807, 2.05) is 18.4 Å². The van der Waals surface area contributed by atoms with Gasteiger partial charge in [-0.25, -0.2) is 13.4 Å². The van der Waals surface area contributed by atoms with E-state index < -0.39 is 10.0 Å². The van der Waals surface area contributed by atoms with Crippen molar-refractivity contribution >= 4 is 27.3 Å². The second-order valence-corrected chi connectivity index (χ2v) is 9.84. The van der Waals surface area contributed by atoms with Crippen molar-refractivity contribution in [1.29, 1.82) is 0 Å². The Bertz CT molecular complexity index is 1130. The van der Waals surface area contributed by atoms with E-state index in [1.54, 1.807) is 29.5 Å². The van der Waals surface area contributed by atoms with Crippen LogP contribution in [0.4, 0.5) is 0 Å². The van der Waals surface area contributed by atoms with Crippen LogP contribution in [0.3, 0.4) is 0 Å². The lowest BCUT2D eigenvalue weighted by Gasteiger charge is -2.16. The van der Waals surface area contributed by atoms with E-state index in [-0.39, 0.29) is 17.3 Å². The molecule has 0 atom stereocenters. The number of amides is 1. The molecule has 1 N–H and O–H groups in total. The summed E-state index contributed by atoms with van der Waals surface area (Å²) in [6.07, 6.45) is 1.73. The molecule has 29 heavy (non-hydrogen) atoms. The van der Waals surface area contributed by atoms with Crippen molar-refractivity contribution in [2.24, 2.45) is 0 Å². The molecule has 3 heterocycles. The van der Waals surface area contributed by atoms with E-state index in [0.29, 0.717) is 30.2 Å². The Hall–Kier alpha value is -2.49. The predicted octanol–water partition coefficient (Wildman–Crippen LogP) is 3.43. The van der Waals surface area contributed by atoms with Gasteiger partial charge in [0.2, 0.25) is 10.0 Å². The van der Waals surface area contributed by atoms with Gasteiger partial charge in [-0.3, -0.25) is 4.79 Å². The third-order valence-corrected chi connectivity index (χ3v) is 7.42. The minimum atomic E-state index is -3.56. The smallest absolute Gasteiger partial charge is 0.251 e. The lowest BCUT2D eigenvalue weighted by molar-refractivity contribution is 0.0948. The van der Waals surface area contributed by atoms with Gasteiger partial charge >= 0.3 is 0 Å². The molecule has 4 rings (SSSR count). The fourth-order valence-electron chi connectivity index (χ4n) is 3.23. The number of aryl methyl sites for hydroxylation is 1. The first-order valence-electron chi connectivity index (χ1n) is 9.33. The van der Waals surface area contributed by atoms with Gasteiger partial charge in [-0.2, -0.15) is 4.31 Å². The van der Waals surface area contributed by atoms with Gasteiger partial charge in [-0.1, -0.05) is 6.07 Å². The maximum Gasteiger partial charge on any atom is 0.251 e. The van der Waals surface area contributed by atoms with E-state index >= 15 is 0 Å². The second kappa shape index (κ2) is 8.10. The third-order valence-electron chi connectivity index (χ3n) is 4.76. The van der Waals surface area contributed by atoms with Crippen molar-refractivity contribution in [3.05, 3.63) is 58.1 Å². The predicted molar refractivity (Wildman–Crippen MR) is 110 cm³/mol. The lowest BCUT2D eigenvalue weighted by atomic mass is 10.2. The van der Waals surface area contributed by atoms with E-state index in [1.165, 1.54) is 16.4 Å². The monoisotopic (exact) mass is 431 g/mol. The molecule has 0 aliphatic carbocycles. The van der Waals surface area contributed by atoms with Gasteiger partial charge in [0.25, 0.3) is 5.91 Å². The van der Waals surface area contributed by atoms with Crippen LogP contribution < -0.4 is 5.32 Å². The summed E-state index contributed by atoms with van der Waals surface area (Å²) in [7, 11) is -3.56. The third kappa shape index (κ3) is 4.26. The van der Waals surface area contributed by atoms with Gasteiger partial charge in [-0.05, 0) is 50.1 Å². The van der Waals surface area contributed by atoms with Gasteiger partial charge in [0, 0.05) is 24.0 Å². The Morgan fingerprint density at radius 2 is 2.03 bits per heavy atom. The molecule has 152 valence electrons. The second-order valence-electron chi connectivity index (χ2n) is 6.84. The summed E-state index contributed by atoms with van der Waals surface area (Å²) in [5.41, 5.74) is 1.07. The van der Waals surface area contributed by atoms with Crippen molar-refractivity contribution < 1.29 is 17.6 Å². The molecular formula is C20H21N3O4S2. The number of carbonyl (C=O) groups is 1. The first-order valence-corrected chi connectivity index (χ1v) is 11.6. The molecule has 1 aliphatic heterocycles. The summed E-state index contributed by atoms with van der Waals surface area (Å²) < 4.78 is 32.6. The molecule has 0 radical (unpaired) electrons. The summed E-state index contributed by atoms with van der Waals surface area (Å²) in [6, 6.07) is 9.75. The van der Waals surface area contributed by atoms with Crippen LogP contribution >= 0.6 is 11.3 Å². The highest BCUT2D eigenvalue weighted by molar-refractivity contribution is 7.89. The average Bonchev–Trinajstić information content (AvgIpc) is 3.47. The number of rotatable bonds is 6. The van der Waals surface area contributed by atoms with Crippen LogP contribution in [0, 0.1) is 6.92 Å². The molecule has 2 aromatic heterocycles. The number of hydrogen-bond donors (Lipinski definition) is 1. The van der Waals surface area contributed by atoms with E-state index in [2.05, 4.69) is 10.3 Å². The zero-order valence-electron chi connectivity index (χ0n) is 15.9. The molecule has 3 aromatic rings. The maximum atomic E-state index is 12.7. The van der Waals surface area contributed by atoms with Crippen LogP contribution in [0.2, 0.25) is 0 Å². The van der Waals surface area contributed by atoms with Crippen molar-refractivity contribution in [2.75, 3.05) is 13.1 Å². The molecule has 0 bridgehead atoms. The normalized spacial score (nSPS) is 14.9. The first kappa shape index (κ1) is 19.8. The topological polar surface area (TPSA) is 92.5 Å². The molecule has 1 aromatic carbocycles. The zero-order chi connectivity index (χ0) is 20.4. The highest BCUT2D eigenvalue weighted by atomic mass is 32.2. The highest BCUT2D eigenvalue weighted by Crippen LogP contribution is 2.24. The number of carbonyl (C=O) groups excluding carboxylic acids is 1. The fraction of sp³-hybridized carbons (Fsp3) is 0.300. The van der Waals surface area contributed by atoms with Crippen molar-refractivity contribution in [3.63, 3.8) is 0 Å². The summed E-state index contributed by atoms with van der Waals surface area (Å²) >= 11 is 1.54. The highest BCUT2D eigenvalue weighted by Gasteiger charge is 2.27. The molecule has 1 aliphatic rings. The minimum Gasteiger partial charge on any atom is -0.458 e. The van der Waals surface area contributed by atoms with Crippen LogP contribution in [0.5, 0.6) is 0 Å². The Morgan fingerprint density at radius 3 is 2.76 bits per heavy atom. The standard InChI is InChI=1S/C20H21N3O4S2/c1-14-22-18(13-28-14)19-8-7-16(27-19)12-21-20(24)15-5-4-6-17(11-15)29(25,26)23-9-2-3-10-23/h4-8,11,13H,2-3,9-10,12H2,1H3,(H,21,24). The van der Waals surface area contributed by atoms with Crippen LogP contribution in [0.1, 0.15) is 34.0 Å². The number of nitrogens with one attached hydrogen (secondary N) is 1. The van der Waals surface area contributed by atoms with Crippen LogP contribution in [-0.2, 0) is 16.6 Å². The minimum absolute atomic E-state index is 0.145. The Labute approximate surface area is 173 Å². The summed E-state index contributed by atoms with van der Waals surface area (Å²) in [4.78, 5) is 17.1. The fourth-order valence-corrected chi connectivity index (χ4v) is 5.40. The van der Waals surface area contributed by atoms with Crippen molar-refractivity contribution in [1.82, 2.24) is 14.6 Å². The summed E-state index contributed by atoms with van der Waals surface area (Å²) in [6.45, 7) is 3.18. The molecule has 9 heteroatoms. The Morgan fingerprint density at radius 1 is 1.24 bits per heavy atom. The van der Waals surface area contributed by atoms with Crippen LogP contribution in [0.25, 0.3) is 11.5 Å².